The minimum atomic E-state index is -0.891. The molecule has 164 valence electrons. The largest absolute Gasteiger partial charge is 0.491 e. The highest BCUT2D eigenvalue weighted by Crippen LogP contribution is 2.24. The fraction of sp³-hybridized carbons (Fsp3) is 0.292. The van der Waals surface area contributed by atoms with E-state index in [4.69, 9.17) is 9.84 Å². The summed E-state index contributed by atoms with van der Waals surface area (Å²) in [6.45, 7) is 1.26. The fourth-order valence-corrected chi connectivity index (χ4v) is 3.17. The molecular formula is C24H28N2O5. The monoisotopic (exact) mass is 424 g/mol. The minimum absolute atomic E-state index is 0.0451. The summed E-state index contributed by atoms with van der Waals surface area (Å²) in [5.41, 5.74) is 3.06. The molecule has 0 aliphatic carbocycles. The van der Waals surface area contributed by atoms with Crippen molar-refractivity contribution in [1.29, 1.82) is 0 Å². The Morgan fingerprint density at radius 1 is 0.968 bits per heavy atom. The van der Waals surface area contributed by atoms with Crippen molar-refractivity contribution in [2.45, 2.75) is 25.2 Å². The van der Waals surface area contributed by atoms with Gasteiger partial charge in [0.1, 0.15) is 30.4 Å². The van der Waals surface area contributed by atoms with Gasteiger partial charge in [0.2, 0.25) is 0 Å². The molecule has 0 saturated carbocycles. The zero-order valence-corrected chi connectivity index (χ0v) is 17.4. The molecule has 0 bridgehead atoms. The van der Waals surface area contributed by atoms with E-state index < -0.39 is 12.2 Å². The summed E-state index contributed by atoms with van der Waals surface area (Å²) in [4.78, 5) is 4.15. The summed E-state index contributed by atoms with van der Waals surface area (Å²) in [7, 11) is 0. The Hall–Kier alpha value is -2.97. The lowest BCUT2D eigenvalue weighted by Crippen LogP contribution is -2.21. The summed E-state index contributed by atoms with van der Waals surface area (Å²) in [6, 6.07) is 15.2. The van der Waals surface area contributed by atoms with E-state index in [1.165, 1.54) is 0 Å². The number of benzene rings is 2. The first-order valence-corrected chi connectivity index (χ1v) is 10.1. The number of rotatable bonds is 10. The van der Waals surface area contributed by atoms with Gasteiger partial charge in [0.25, 0.3) is 0 Å². The second kappa shape index (κ2) is 10.9. The zero-order chi connectivity index (χ0) is 22.2. The SMILES string of the molecule is C[C@H](O)c1nccn1C(/C=C/c1ccc(-c2ccc(OCC(O)CO)cc2)cc1)CO. The van der Waals surface area contributed by atoms with Crippen molar-refractivity contribution in [2.75, 3.05) is 19.8 Å². The number of nitrogens with zero attached hydrogens (tertiary/aromatic N) is 2. The van der Waals surface area contributed by atoms with E-state index in [1.54, 1.807) is 23.9 Å². The molecule has 0 aliphatic rings. The molecule has 0 radical (unpaired) electrons. The summed E-state index contributed by atoms with van der Waals surface area (Å²) < 4.78 is 7.19. The van der Waals surface area contributed by atoms with Crippen LogP contribution in [0.1, 0.15) is 30.5 Å². The van der Waals surface area contributed by atoms with Gasteiger partial charge in [0.05, 0.1) is 19.3 Å². The van der Waals surface area contributed by atoms with Crippen LogP contribution in [0.4, 0.5) is 0 Å². The van der Waals surface area contributed by atoms with E-state index in [9.17, 15) is 15.3 Å². The Morgan fingerprint density at radius 3 is 2.19 bits per heavy atom. The molecule has 1 aromatic heterocycles. The molecule has 0 spiro atoms. The van der Waals surface area contributed by atoms with Gasteiger partial charge < -0.3 is 29.7 Å². The van der Waals surface area contributed by atoms with Gasteiger partial charge in [0.15, 0.2) is 0 Å². The Labute approximate surface area is 181 Å². The normalized spacial score (nSPS) is 14.5. The summed E-state index contributed by atoms with van der Waals surface area (Å²) in [5, 5.41) is 37.8. The van der Waals surface area contributed by atoms with Gasteiger partial charge in [-0.05, 0) is 35.7 Å². The fourth-order valence-electron chi connectivity index (χ4n) is 3.17. The van der Waals surface area contributed by atoms with Crippen molar-refractivity contribution in [3.63, 3.8) is 0 Å². The first-order valence-electron chi connectivity index (χ1n) is 10.1. The van der Waals surface area contributed by atoms with Crippen LogP contribution in [0.15, 0.2) is 67.0 Å². The third-order valence-electron chi connectivity index (χ3n) is 4.88. The van der Waals surface area contributed by atoms with Crippen LogP contribution in [0.25, 0.3) is 17.2 Å². The third kappa shape index (κ3) is 6.02. The standard InChI is InChI=1S/C24H28N2O5/c1-17(29)24-25-12-13-26(24)21(14-27)9-4-18-2-5-19(6-3-18)20-7-10-23(11-8-20)31-16-22(30)15-28/h2-13,17,21-22,27-30H,14-16H2,1H3/b9-4+/t17-,21?,22?/m0/s1. The van der Waals surface area contributed by atoms with Gasteiger partial charge >= 0.3 is 0 Å². The Kier molecular flexibility index (Phi) is 7.97. The summed E-state index contributed by atoms with van der Waals surface area (Å²) >= 11 is 0. The van der Waals surface area contributed by atoms with Crippen molar-refractivity contribution in [3.8, 4) is 16.9 Å². The highest BCUT2D eigenvalue weighted by Gasteiger charge is 2.14. The lowest BCUT2D eigenvalue weighted by atomic mass is 10.0. The van der Waals surface area contributed by atoms with Crippen LogP contribution >= 0.6 is 0 Å². The molecule has 0 aliphatic heterocycles. The van der Waals surface area contributed by atoms with E-state index >= 15 is 0 Å². The number of aliphatic hydroxyl groups excluding tert-OH is 4. The predicted molar refractivity (Wildman–Crippen MR) is 118 cm³/mol. The molecule has 3 aromatic rings. The minimum Gasteiger partial charge on any atom is -0.491 e. The molecule has 2 aromatic carbocycles. The van der Waals surface area contributed by atoms with Gasteiger partial charge in [0, 0.05) is 12.4 Å². The number of hydrogen-bond acceptors (Lipinski definition) is 6. The number of ether oxygens (including phenoxy) is 1. The van der Waals surface area contributed by atoms with Crippen molar-refractivity contribution in [1.82, 2.24) is 9.55 Å². The van der Waals surface area contributed by atoms with Gasteiger partial charge in [-0.1, -0.05) is 48.6 Å². The molecule has 4 N–H and O–H groups in total. The molecule has 31 heavy (non-hydrogen) atoms. The van der Waals surface area contributed by atoms with Gasteiger partial charge in [-0.3, -0.25) is 0 Å². The number of aromatic nitrogens is 2. The molecular weight excluding hydrogens is 396 g/mol. The molecule has 0 fully saturated rings. The Bertz CT molecular complexity index is 964. The van der Waals surface area contributed by atoms with Gasteiger partial charge in [-0.2, -0.15) is 0 Å². The van der Waals surface area contributed by atoms with Crippen LogP contribution in [0.2, 0.25) is 0 Å². The average molecular weight is 424 g/mol. The first-order chi connectivity index (χ1) is 15.0. The van der Waals surface area contributed by atoms with Crippen LogP contribution in [-0.2, 0) is 0 Å². The van der Waals surface area contributed by atoms with E-state index in [0.29, 0.717) is 11.6 Å². The van der Waals surface area contributed by atoms with Crippen molar-refractivity contribution >= 4 is 6.08 Å². The molecule has 7 heteroatoms. The topological polar surface area (TPSA) is 108 Å². The maximum absolute atomic E-state index is 9.83. The molecule has 1 heterocycles. The Balaban J connectivity index is 1.66. The summed E-state index contributed by atoms with van der Waals surface area (Å²) in [5.74, 6) is 1.14. The molecule has 2 unspecified atom stereocenters. The quantitative estimate of drug-likeness (QED) is 0.398. The third-order valence-corrected chi connectivity index (χ3v) is 4.88. The molecule has 0 saturated heterocycles. The zero-order valence-electron chi connectivity index (χ0n) is 17.4. The van der Waals surface area contributed by atoms with E-state index in [0.717, 1.165) is 16.7 Å². The van der Waals surface area contributed by atoms with Gasteiger partial charge in [-0.15, -0.1) is 0 Å². The Morgan fingerprint density at radius 2 is 1.61 bits per heavy atom. The molecule has 7 nitrogen and oxygen atoms in total. The smallest absolute Gasteiger partial charge is 0.137 e. The highest BCUT2D eigenvalue weighted by atomic mass is 16.5. The summed E-state index contributed by atoms with van der Waals surface area (Å²) in [6.07, 6.45) is 5.56. The van der Waals surface area contributed by atoms with Crippen molar-refractivity contribution in [2.24, 2.45) is 0 Å². The van der Waals surface area contributed by atoms with Crippen molar-refractivity contribution < 1.29 is 25.2 Å². The average Bonchev–Trinajstić information content (AvgIpc) is 3.29. The lowest BCUT2D eigenvalue weighted by Gasteiger charge is -2.16. The van der Waals surface area contributed by atoms with Crippen LogP contribution in [0.5, 0.6) is 5.75 Å². The van der Waals surface area contributed by atoms with Crippen LogP contribution < -0.4 is 4.74 Å². The highest BCUT2D eigenvalue weighted by molar-refractivity contribution is 5.66. The van der Waals surface area contributed by atoms with E-state index in [2.05, 4.69) is 4.98 Å². The van der Waals surface area contributed by atoms with Crippen LogP contribution in [-0.4, -0.2) is 55.9 Å². The number of imidazole rings is 1. The number of hydrogen-bond donors (Lipinski definition) is 4. The first kappa shape index (κ1) is 22.7. The maximum Gasteiger partial charge on any atom is 0.137 e. The molecule has 3 rings (SSSR count). The molecule has 3 atom stereocenters. The predicted octanol–water partition coefficient (Wildman–Crippen LogP) is 2.58. The second-order valence-electron chi connectivity index (χ2n) is 7.27. The number of aliphatic hydroxyl groups is 4. The van der Waals surface area contributed by atoms with Crippen molar-refractivity contribution in [3.05, 3.63) is 78.4 Å². The molecule has 0 amide bonds. The lowest BCUT2D eigenvalue weighted by molar-refractivity contribution is 0.0536. The van der Waals surface area contributed by atoms with Crippen LogP contribution in [0, 0.1) is 0 Å². The van der Waals surface area contributed by atoms with Gasteiger partial charge in [-0.25, -0.2) is 4.98 Å². The van der Waals surface area contributed by atoms with E-state index in [-0.39, 0.29) is 25.9 Å². The second-order valence-corrected chi connectivity index (χ2v) is 7.27. The maximum atomic E-state index is 9.83. The van der Waals surface area contributed by atoms with Crippen LogP contribution in [0.3, 0.4) is 0 Å². The van der Waals surface area contributed by atoms with E-state index in [1.807, 2.05) is 60.7 Å².